The molecule has 1 N–H and O–H groups in total. The number of carbonyl (C=O) groups is 2. The van der Waals surface area contributed by atoms with E-state index in [0.29, 0.717) is 30.1 Å². The highest BCUT2D eigenvalue weighted by Crippen LogP contribution is 2.27. The third kappa shape index (κ3) is 2.52. The quantitative estimate of drug-likeness (QED) is 0.898. The second kappa shape index (κ2) is 5.83. The number of aromatic nitrogens is 2. The van der Waals surface area contributed by atoms with Crippen LogP contribution >= 0.6 is 11.6 Å². The fourth-order valence-electron chi connectivity index (χ4n) is 2.52. The van der Waals surface area contributed by atoms with Gasteiger partial charge in [-0.15, -0.1) is 0 Å². The highest BCUT2D eigenvalue weighted by atomic mass is 35.5. The molecule has 2 heterocycles. The van der Waals surface area contributed by atoms with Gasteiger partial charge in [-0.2, -0.15) is 5.10 Å². The fraction of sp³-hybridized carbons (Fsp3) is 0.615. The van der Waals surface area contributed by atoms with Gasteiger partial charge in [-0.25, -0.2) is 4.79 Å². The second-order valence-electron chi connectivity index (χ2n) is 4.79. The van der Waals surface area contributed by atoms with Crippen LogP contribution in [0, 0.1) is 0 Å². The zero-order valence-electron chi connectivity index (χ0n) is 11.6. The van der Waals surface area contributed by atoms with E-state index in [2.05, 4.69) is 5.10 Å². The average molecular weight is 300 g/mol. The van der Waals surface area contributed by atoms with Crippen molar-refractivity contribution in [3.05, 3.63) is 16.4 Å². The van der Waals surface area contributed by atoms with E-state index in [1.165, 1.54) is 4.90 Å². The van der Waals surface area contributed by atoms with Crippen LogP contribution in [0.25, 0.3) is 0 Å². The summed E-state index contributed by atoms with van der Waals surface area (Å²) in [6.45, 7) is 4.73. The number of amides is 1. The van der Waals surface area contributed by atoms with Crippen LogP contribution in [0.5, 0.6) is 0 Å². The van der Waals surface area contributed by atoms with Crippen molar-refractivity contribution in [1.29, 1.82) is 0 Å². The third-order valence-electron chi connectivity index (χ3n) is 3.63. The molecule has 7 heteroatoms. The number of carbonyl (C=O) groups excluding carboxylic acids is 1. The molecule has 0 bridgehead atoms. The van der Waals surface area contributed by atoms with Gasteiger partial charge in [-0.1, -0.05) is 18.5 Å². The first-order valence-corrected chi connectivity index (χ1v) is 7.13. The minimum absolute atomic E-state index is 0.143. The maximum absolute atomic E-state index is 11.9. The summed E-state index contributed by atoms with van der Waals surface area (Å²) in [5, 5.41) is 14.1. The van der Waals surface area contributed by atoms with Gasteiger partial charge in [0.05, 0.1) is 23.0 Å². The molecule has 0 aliphatic carbocycles. The monoisotopic (exact) mass is 299 g/mol. The van der Waals surface area contributed by atoms with Gasteiger partial charge in [0, 0.05) is 13.0 Å². The first-order chi connectivity index (χ1) is 9.49. The Kier molecular flexibility index (Phi) is 4.32. The van der Waals surface area contributed by atoms with Crippen molar-refractivity contribution >= 4 is 23.5 Å². The van der Waals surface area contributed by atoms with E-state index < -0.39 is 12.0 Å². The van der Waals surface area contributed by atoms with Gasteiger partial charge in [-0.05, 0) is 19.8 Å². The van der Waals surface area contributed by atoms with E-state index in [1.807, 2.05) is 13.8 Å². The largest absolute Gasteiger partial charge is 0.480 e. The number of likely N-dealkylation sites (tertiary alicyclic amines) is 1. The molecule has 1 aliphatic heterocycles. The maximum atomic E-state index is 11.9. The molecule has 20 heavy (non-hydrogen) atoms. The Morgan fingerprint density at radius 3 is 2.75 bits per heavy atom. The summed E-state index contributed by atoms with van der Waals surface area (Å²) in [6.07, 6.45) is 1.33. The summed E-state index contributed by atoms with van der Waals surface area (Å²) < 4.78 is 1.74. The van der Waals surface area contributed by atoms with Gasteiger partial charge >= 0.3 is 5.97 Å². The van der Waals surface area contributed by atoms with Crippen LogP contribution in [-0.4, -0.2) is 37.7 Å². The average Bonchev–Trinajstić information content (AvgIpc) is 2.93. The minimum Gasteiger partial charge on any atom is -0.480 e. The molecule has 0 radical (unpaired) electrons. The third-order valence-corrected chi connectivity index (χ3v) is 4.06. The lowest BCUT2D eigenvalue weighted by Gasteiger charge is -2.22. The topological polar surface area (TPSA) is 75.4 Å². The molecule has 1 aromatic rings. The Bertz CT molecular complexity index is 541. The Labute approximate surface area is 122 Å². The summed E-state index contributed by atoms with van der Waals surface area (Å²) in [5.41, 5.74) is 1.49. The van der Waals surface area contributed by atoms with Gasteiger partial charge in [0.2, 0.25) is 5.91 Å². The second-order valence-corrected chi connectivity index (χ2v) is 5.17. The molecule has 1 aliphatic rings. The van der Waals surface area contributed by atoms with Gasteiger partial charge < -0.3 is 10.0 Å². The van der Waals surface area contributed by atoms with Crippen LogP contribution in [0.15, 0.2) is 0 Å². The van der Waals surface area contributed by atoms with Crippen LogP contribution in [0.1, 0.15) is 38.1 Å². The summed E-state index contributed by atoms with van der Waals surface area (Å²) in [5.74, 6) is -1.11. The lowest BCUT2D eigenvalue weighted by Crippen LogP contribution is -2.38. The lowest BCUT2D eigenvalue weighted by atomic mass is 10.2. The van der Waals surface area contributed by atoms with Crippen LogP contribution in [0.3, 0.4) is 0 Å². The van der Waals surface area contributed by atoms with Crippen LogP contribution in [0.2, 0.25) is 5.02 Å². The predicted octanol–water partition coefficient (Wildman–Crippen LogP) is 1.69. The molecule has 0 aromatic carbocycles. The molecule has 0 spiro atoms. The van der Waals surface area contributed by atoms with E-state index in [-0.39, 0.29) is 18.9 Å². The molecule has 0 saturated carbocycles. The van der Waals surface area contributed by atoms with Crippen molar-refractivity contribution in [3.63, 3.8) is 0 Å². The molecule has 1 atom stereocenters. The van der Waals surface area contributed by atoms with Crippen molar-refractivity contribution in [1.82, 2.24) is 14.7 Å². The van der Waals surface area contributed by atoms with Gasteiger partial charge in [0.15, 0.2) is 0 Å². The summed E-state index contributed by atoms with van der Waals surface area (Å²) >= 11 is 6.29. The van der Waals surface area contributed by atoms with E-state index in [1.54, 1.807) is 4.68 Å². The number of hydrogen-bond acceptors (Lipinski definition) is 3. The highest BCUT2D eigenvalue weighted by molar-refractivity contribution is 6.31. The number of rotatable bonds is 5. The standard InChI is InChI=1S/C13H18ClN3O3/c1-3-8-12(14)10(17(4-2)15-8)7-16-9(13(19)20)5-6-11(16)18/h9H,3-7H2,1-2H3,(H,19,20). The van der Waals surface area contributed by atoms with E-state index in [0.717, 1.165) is 5.69 Å². The zero-order valence-corrected chi connectivity index (χ0v) is 12.4. The van der Waals surface area contributed by atoms with Crippen molar-refractivity contribution < 1.29 is 14.7 Å². The first-order valence-electron chi connectivity index (χ1n) is 6.75. The van der Waals surface area contributed by atoms with Crippen molar-refractivity contribution in [2.24, 2.45) is 0 Å². The molecule has 1 saturated heterocycles. The number of aryl methyl sites for hydroxylation is 2. The lowest BCUT2D eigenvalue weighted by molar-refractivity contribution is -0.146. The molecular formula is C13H18ClN3O3. The fourth-order valence-corrected chi connectivity index (χ4v) is 2.85. The number of hydrogen-bond donors (Lipinski definition) is 1. The van der Waals surface area contributed by atoms with E-state index >= 15 is 0 Å². The van der Waals surface area contributed by atoms with E-state index in [4.69, 9.17) is 11.6 Å². The molecule has 2 rings (SSSR count). The summed E-state index contributed by atoms with van der Waals surface area (Å²) in [7, 11) is 0. The normalized spacial score (nSPS) is 18.9. The number of aliphatic carboxylic acids is 1. The maximum Gasteiger partial charge on any atom is 0.326 e. The molecule has 6 nitrogen and oxygen atoms in total. The summed E-state index contributed by atoms with van der Waals surface area (Å²) in [6, 6.07) is -0.760. The number of nitrogens with zero attached hydrogens (tertiary/aromatic N) is 3. The minimum atomic E-state index is -0.967. The van der Waals surface area contributed by atoms with Gasteiger partial charge in [0.1, 0.15) is 6.04 Å². The highest BCUT2D eigenvalue weighted by Gasteiger charge is 2.37. The predicted molar refractivity (Wildman–Crippen MR) is 73.5 cm³/mol. The van der Waals surface area contributed by atoms with Crippen molar-refractivity contribution in [2.45, 2.75) is 52.2 Å². The van der Waals surface area contributed by atoms with Crippen LogP contribution in [0.4, 0.5) is 0 Å². The Morgan fingerprint density at radius 2 is 2.20 bits per heavy atom. The summed E-state index contributed by atoms with van der Waals surface area (Å²) in [4.78, 5) is 24.5. The van der Waals surface area contributed by atoms with Crippen molar-refractivity contribution in [3.8, 4) is 0 Å². The Balaban J connectivity index is 2.31. The number of carboxylic acid groups (broad SMARTS) is 1. The Morgan fingerprint density at radius 1 is 1.50 bits per heavy atom. The van der Waals surface area contributed by atoms with Gasteiger partial charge in [-0.3, -0.25) is 9.48 Å². The Hall–Kier alpha value is -1.56. The first kappa shape index (κ1) is 14.8. The molecule has 1 amide bonds. The smallest absolute Gasteiger partial charge is 0.326 e. The molecular weight excluding hydrogens is 282 g/mol. The van der Waals surface area contributed by atoms with E-state index in [9.17, 15) is 14.7 Å². The SMILES string of the molecule is CCc1nn(CC)c(CN2C(=O)CCC2C(=O)O)c1Cl. The molecule has 110 valence electrons. The zero-order chi connectivity index (χ0) is 14.9. The van der Waals surface area contributed by atoms with Gasteiger partial charge in [0.25, 0.3) is 0 Å². The molecule has 1 unspecified atom stereocenters. The number of carboxylic acids is 1. The van der Waals surface area contributed by atoms with Crippen molar-refractivity contribution in [2.75, 3.05) is 0 Å². The van der Waals surface area contributed by atoms with Crippen LogP contribution < -0.4 is 0 Å². The van der Waals surface area contributed by atoms with Crippen LogP contribution in [-0.2, 0) is 29.1 Å². The molecule has 1 fully saturated rings. The number of halogens is 1. The molecule has 1 aromatic heterocycles.